The highest BCUT2D eigenvalue weighted by Crippen LogP contribution is 2.42. The van der Waals surface area contributed by atoms with Crippen LogP contribution in [0.1, 0.15) is 33.1 Å². The summed E-state index contributed by atoms with van der Waals surface area (Å²) in [6.07, 6.45) is 3.46. The van der Waals surface area contributed by atoms with Crippen LogP contribution in [0.2, 0.25) is 0 Å². The number of ether oxygens (including phenoxy) is 2. The van der Waals surface area contributed by atoms with Crippen molar-refractivity contribution in [2.75, 3.05) is 14.2 Å². The Bertz CT molecular complexity index is 410. The minimum atomic E-state index is -1.19. The quantitative estimate of drug-likeness (QED) is 0.815. The first kappa shape index (κ1) is 14.7. The van der Waals surface area contributed by atoms with E-state index in [1.54, 1.807) is 21.1 Å². The van der Waals surface area contributed by atoms with E-state index in [1.807, 2.05) is 13.0 Å². The van der Waals surface area contributed by atoms with Gasteiger partial charge in [-0.1, -0.05) is 6.08 Å². The van der Waals surface area contributed by atoms with Crippen molar-refractivity contribution in [3.63, 3.8) is 0 Å². The van der Waals surface area contributed by atoms with Gasteiger partial charge in [0.25, 0.3) is 0 Å². The van der Waals surface area contributed by atoms with Gasteiger partial charge < -0.3 is 19.7 Å². The number of hydrogen-bond donors (Lipinski definition) is 2. The van der Waals surface area contributed by atoms with Crippen molar-refractivity contribution >= 4 is 0 Å². The Labute approximate surface area is 114 Å². The van der Waals surface area contributed by atoms with Gasteiger partial charge >= 0.3 is 0 Å². The first-order chi connectivity index (χ1) is 8.93. The van der Waals surface area contributed by atoms with E-state index in [0.717, 1.165) is 29.6 Å². The molecule has 0 heterocycles. The molecule has 0 radical (unpaired) electrons. The van der Waals surface area contributed by atoms with Crippen molar-refractivity contribution in [1.82, 2.24) is 0 Å². The molecule has 0 aromatic heterocycles. The molecule has 0 aromatic rings. The molecule has 2 aliphatic carbocycles. The van der Waals surface area contributed by atoms with Crippen LogP contribution in [0.4, 0.5) is 0 Å². The molecule has 0 aliphatic heterocycles. The summed E-state index contributed by atoms with van der Waals surface area (Å²) in [7, 11) is 3.40. The van der Waals surface area contributed by atoms with Gasteiger partial charge in [0.05, 0.1) is 18.3 Å². The van der Waals surface area contributed by atoms with E-state index >= 15 is 0 Å². The molecule has 2 rings (SSSR count). The SMILES string of the molecule is COC1CCC(OC)C2=C1C=C(C)C(O)(C(C)O)C2. The predicted molar refractivity (Wildman–Crippen MR) is 72.9 cm³/mol. The van der Waals surface area contributed by atoms with Crippen molar-refractivity contribution in [3.8, 4) is 0 Å². The minimum absolute atomic E-state index is 0.0102. The van der Waals surface area contributed by atoms with Crippen LogP contribution in [0.15, 0.2) is 22.8 Å². The Kier molecular flexibility index (Phi) is 4.16. The number of methoxy groups -OCH3 is 2. The molecular formula is C15H24O4. The average Bonchev–Trinajstić information content (AvgIpc) is 2.38. The molecule has 0 spiro atoms. The van der Waals surface area contributed by atoms with Crippen molar-refractivity contribution in [3.05, 3.63) is 22.8 Å². The van der Waals surface area contributed by atoms with Gasteiger partial charge in [-0.25, -0.2) is 0 Å². The van der Waals surface area contributed by atoms with Gasteiger partial charge in [-0.2, -0.15) is 0 Å². The highest BCUT2D eigenvalue weighted by molar-refractivity contribution is 5.44. The molecule has 0 bridgehead atoms. The van der Waals surface area contributed by atoms with E-state index in [9.17, 15) is 10.2 Å². The molecule has 0 saturated carbocycles. The van der Waals surface area contributed by atoms with Gasteiger partial charge in [0.1, 0.15) is 5.60 Å². The zero-order valence-electron chi connectivity index (χ0n) is 12.1. The lowest BCUT2D eigenvalue weighted by Crippen LogP contribution is -2.46. The average molecular weight is 268 g/mol. The summed E-state index contributed by atoms with van der Waals surface area (Å²) in [5.74, 6) is 0. The van der Waals surface area contributed by atoms with E-state index in [4.69, 9.17) is 9.47 Å². The number of rotatable bonds is 3. The molecule has 0 fully saturated rings. The zero-order valence-corrected chi connectivity index (χ0v) is 12.1. The lowest BCUT2D eigenvalue weighted by molar-refractivity contribution is -0.0460. The summed E-state index contributed by atoms with van der Waals surface area (Å²) in [4.78, 5) is 0. The molecule has 0 aromatic carbocycles. The van der Waals surface area contributed by atoms with E-state index < -0.39 is 11.7 Å². The number of aliphatic hydroxyl groups excluding tert-OH is 1. The van der Waals surface area contributed by atoms with Crippen molar-refractivity contribution in [1.29, 1.82) is 0 Å². The van der Waals surface area contributed by atoms with Crippen LogP contribution in [-0.4, -0.2) is 48.3 Å². The smallest absolute Gasteiger partial charge is 0.115 e. The van der Waals surface area contributed by atoms with E-state index in [-0.39, 0.29) is 12.2 Å². The van der Waals surface area contributed by atoms with E-state index in [1.165, 1.54) is 0 Å². The van der Waals surface area contributed by atoms with Crippen LogP contribution in [0.25, 0.3) is 0 Å². The second-order valence-corrected chi connectivity index (χ2v) is 5.61. The normalized spacial score (nSPS) is 36.8. The first-order valence-electron chi connectivity index (χ1n) is 6.81. The summed E-state index contributed by atoms with van der Waals surface area (Å²) >= 11 is 0. The maximum Gasteiger partial charge on any atom is 0.115 e. The van der Waals surface area contributed by atoms with Gasteiger partial charge in [0, 0.05) is 20.6 Å². The molecule has 4 heteroatoms. The lowest BCUT2D eigenvalue weighted by Gasteiger charge is -2.42. The molecule has 4 atom stereocenters. The Hall–Kier alpha value is -0.680. The fourth-order valence-electron chi connectivity index (χ4n) is 3.20. The van der Waals surface area contributed by atoms with Crippen LogP contribution >= 0.6 is 0 Å². The fourth-order valence-corrected chi connectivity index (χ4v) is 3.20. The fraction of sp³-hybridized carbons (Fsp3) is 0.733. The lowest BCUT2D eigenvalue weighted by atomic mass is 9.71. The standard InChI is InChI=1S/C15H24O4/c1-9-7-11-12(8-15(9,17)10(2)16)14(19-4)6-5-13(11)18-3/h7,10,13-14,16-17H,5-6,8H2,1-4H3. The maximum atomic E-state index is 10.7. The Morgan fingerprint density at radius 2 is 1.84 bits per heavy atom. The van der Waals surface area contributed by atoms with Crippen LogP contribution in [0, 0.1) is 0 Å². The minimum Gasteiger partial charge on any atom is -0.390 e. The summed E-state index contributed by atoms with van der Waals surface area (Å²) in [6, 6.07) is 0. The number of aliphatic hydroxyl groups is 2. The van der Waals surface area contributed by atoms with Crippen molar-refractivity contribution < 1.29 is 19.7 Å². The summed E-state index contributed by atoms with van der Waals surface area (Å²) in [6.45, 7) is 3.49. The van der Waals surface area contributed by atoms with Crippen molar-refractivity contribution in [2.24, 2.45) is 0 Å². The molecule has 108 valence electrons. The zero-order chi connectivity index (χ0) is 14.2. The van der Waals surface area contributed by atoms with Gasteiger partial charge in [0.2, 0.25) is 0 Å². The summed E-state index contributed by atoms with van der Waals surface area (Å²) < 4.78 is 11.1. The third kappa shape index (κ3) is 2.38. The van der Waals surface area contributed by atoms with Gasteiger partial charge in [-0.15, -0.1) is 0 Å². The molecule has 4 nitrogen and oxygen atoms in total. The first-order valence-corrected chi connectivity index (χ1v) is 6.81. The second kappa shape index (κ2) is 5.37. The molecule has 0 amide bonds. The topological polar surface area (TPSA) is 58.9 Å². The van der Waals surface area contributed by atoms with Crippen LogP contribution in [0.3, 0.4) is 0 Å². The third-order valence-electron chi connectivity index (χ3n) is 4.57. The van der Waals surface area contributed by atoms with Crippen LogP contribution < -0.4 is 0 Å². The predicted octanol–water partition coefficient (Wildman–Crippen LogP) is 1.57. The highest BCUT2D eigenvalue weighted by Gasteiger charge is 2.43. The molecular weight excluding hydrogens is 244 g/mol. The Morgan fingerprint density at radius 3 is 2.37 bits per heavy atom. The Morgan fingerprint density at radius 1 is 1.26 bits per heavy atom. The van der Waals surface area contributed by atoms with Gasteiger partial charge in [-0.3, -0.25) is 0 Å². The van der Waals surface area contributed by atoms with Crippen molar-refractivity contribution in [2.45, 2.75) is 57.0 Å². The summed E-state index contributed by atoms with van der Waals surface area (Å²) in [5.41, 5.74) is 1.78. The number of hydrogen-bond acceptors (Lipinski definition) is 4. The molecule has 0 saturated heterocycles. The highest BCUT2D eigenvalue weighted by atomic mass is 16.5. The molecule has 2 N–H and O–H groups in total. The van der Waals surface area contributed by atoms with Gasteiger partial charge in [0.15, 0.2) is 0 Å². The largest absolute Gasteiger partial charge is 0.390 e. The Balaban J connectivity index is 2.43. The van der Waals surface area contributed by atoms with E-state index in [0.29, 0.717) is 6.42 Å². The third-order valence-corrected chi connectivity index (χ3v) is 4.57. The van der Waals surface area contributed by atoms with Crippen LogP contribution in [-0.2, 0) is 9.47 Å². The summed E-state index contributed by atoms with van der Waals surface area (Å²) in [5, 5.41) is 20.6. The molecule has 19 heavy (non-hydrogen) atoms. The van der Waals surface area contributed by atoms with E-state index in [2.05, 4.69) is 0 Å². The maximum absolute atomic E-state index is 10.7. The monoisotopic (exact) mass is 268 g/mol. The van der Waals surface area contributed by atoms with Crippen LogP contribution in [0.5, 0.6) is 0 Å². The molecule has 2 aliphatic rings. The second-order valence-electron chi connectivity index (χ2n) is 5.61. The van der Waals surface area contributed by atoms with Gasteiger partial charge in [-0.05, 0) is 43.4 Å². The molecule has 4 unspecified atom stereocenters.